The van der Waals surface area contributed by atoms with Crippen molar-refractivity contribution < 1.29 is 4.74 Å². The van der Waals surface area contributed by atoms with E-state index in [1.54, 1.807) is 5.56 Å². The summed E-state index contributed by atoms with van der Waals surface area (Å²) in [5.41, 5.74) is 2.83. The van der Waals surface area contributed by atoms with E-state index in [1.165, 1.54) is 63.4 Å². The van der Waals surface area contributed by atoms with Crippen molar-refractivity contribution in [3.05, 3.63) is 60.2 Å². The van der Waals surface area contributed by atoms with Crippen LogP contribution in [0.5, 0.6) is 0 Å². The molecule has 1 nitrogen and oxygen atoms in total. The van der Waals surface area contributed by atoms with E-state index in [9.17, 15) is 0 Å². The summed E-state index contributed by atoms with van der Waals surface area (Å²) >= 11 is 0. The minimum absolute atomic E-state index is 0.706. The molecule has 27 heavy (non-hydrogen) atoms. The van der Waals surface area contributed by atoms with E-state index in [0.29, 0.717) is 13.2 Å². The highest BCUT2D eigenvalue weighted by molar-refractivity contribution is 5.25. The molecule has 0 saturated heterocycles. The Kier molecular flexibility index (Phi) is 8.20. The monoisotopic (exact) mass is 366 g/mol. The summed E-state index contributed by atoms with van der Waals surface area (Å²) in [6.07, 6.45) is 18.9. The van der Waals surface area contributed by atoms with Crippen LogP contribution in [0.1, 0.15) is 81.8 Å². The standard InChI is InChI=1S/C26H38O/c1-3-5-19-27-20-22-9-13-24(14-10-22)26-17-15-25(16-18-26)23-11-7-21(6-4-2)8-12-23/h3-5,9-10,13-14,21,23,25-26H,2,6-8,11-12,15-20H2,1H3. The third-order valence-corrected chi connectivity index (χ3v) is 7.00. The third-order valence-electron chi connectivity index (χ3n) is 7.00. The summed E-state index contributed by atoms with van der Waals surface area (Å²) in [4.78, 5) is 0. The van der Waals surface area contributed by atoms with Crippen LogP contribution in [-0.2, 0) is 11.3 Å². The van der Waals surface area contributed by atoms with Crippen molar-refractivity contribution in [2.75, 3.05) is 6.61 Å². The first-order valence-corrected chi connectivity index (χ1v) is 11.2. The number of allylic oxidation sites excluding steroid dienone is 2. The number of hydrogen-bond acceptors (Lipinski definition) is 1. The lowest BCUT2D eigenvalue weighted by Gasteiger charge is -2.38. The molecular formula is C26H38O. The first kappa shape index (κ1) is 20.4. The molecule has 0 atom stereocenters. The molecule has 2 aliphatic rings. The van der Waals surface area contributed by atoms with Gasteiger partial charge < -0.3 is 4.74 Å². The smallest absolute Gasteiger partial charge is 0.0721 e. The van der Waals surface area contributed by atoms with Crippen LogP contribution in [0.4, 0.5) is 0 Å². The van der Waals surface area contributed by atoms with Gasteiger partial charge in [-0.05, 0) is 99.5 Å². The topological polar surface area (TPSA) is 9.23 Å². The van der Waals surface area contributed by atoms with Gasteiger partial charge >= 0.3 is 0 Å². The Bertz CT molecular complexity index is 569. The molecule has 0 unspecified atom stereocenters. The maximum absolute atomic E-state index is 5.66. The predicted molar refractivity (Wildman–Crippen MR) is 116 cm³/mol. The molecule has 2 fully saturated rings. The molecule has 0 spiro atoms. The fourth-order valence-corrected chi connectivity index (χ4v) is 5.28. The van der Waals surface area contributed by atoms with Crippen LogP contribution in [0.2, 0.25) is 0 Å². The molecule has 1 aromatic carbocycles. The Morgan fingerprint density at radius 3 is 2.15 bits per heavy atom. The van der Waals surface area contributed by atoms with Gasteiger partial charge in [-0.1, -0.05) is 42.5 Å². The molecule has 0 N–H and O–H groups in total. The molecular weight excluding hydrogens is 328 g/mol. The van der Waals surface area contributed by atoms with Crippen LogP contribution in [0, 0.1) is 17.8 Å². The number of rotatable bonds is 8. The maximum Gasteiger partial charge on any atom is 0.0721 e. The summed E-state index contributed by atoms with van der Waals surface area (Å²) in [7, 11) is 0. The van der Waals surface area contributed by atoms with Crippen LogP contribution in [0.25, 0.3) is 0 Å². The molecule has 3 rings (SSSR count). The number of ether oxygens (including phenoxy) is 1. The number of hydrogen-bond donors (Lipinski definition) is 0. The molecule has 1 heteroatoms. The van der Waals surface area contributed by atoms with Crippen LogP contribution < -0.4 is 0 Å². The van der Waals surface area contributed by atoms with Gasteiger partial charge in [0.1, 0.15) is 0 Å². The van der Waals surface area contributed by atoms with Crippen molar-refractivity contribution in [1.82, 2.24) is 0 Å². The second kappa shape index (κ2) is 10.9. The predicted octanol–water partition coefficient (Wildman–Crippen LogP) is 7.44. The Balaban J connectivity index is 1.42. The van der Waals surface area contributed by atoms with Crippen molar-refractivity contribution in [3.8, 4) is 0 Å². The van der Waals surface area contributed by atoms with E-state index in [-0.39, 0.29) is 0 Å². The van der Waals surface area contributed by atoms with E-state index in [4.69, 9.17) is 4.74 Å². The summed E-state index contributed by atoms with van der Waals surface area (Å²) in [6.45, 7) is 7.37. The summed E-state index contributed by atoms with van der Waals surface area (Å²) in [6, 6.07) is 9.22. The maximum atomic E-state index is 5.66. The van der Waals surface area contributed by atoms with E-state index < -0.39 is 0 Å². The van der Waals surface area contributed by atoms with Gasteiger partial charge in [-0.25, -0.2) is 0 Å². The molecule has 1 aromatic rings. The molecule has 2 saturated carbocycles. The third kappa shape index (κ3) is 6.07. The highest BCUT2D eigenvalue weighted by Crippen LogP contribution is 2.44. The lowest BCUT2D eigenvalue weighted by atomic mass is 9.68. The number of benzene rings is 1. The summed E-state index contributed by atoms with van der Waals surface area (Å²) < 4.78 is 5.66. The van der Waals surface area contributed by atoms with Crippen molar-refractivity contribution >= 4 is 0 Å². The highest BCUT2D eigenvalue weighted by Gasteiger charge is 2.30. The van der Waals surface area contributed by atoms with Gasteiger partial charge in [0.15, 0.2) is 0 Å². The average Bonchev–Trinajstić information content (AvgIpc) is 2.73. The summed E-state index contributed by atoms with van der Waals surface area (Å²) in [5, 5.41) is 0. The lowest BCUT2D eigenvalue weighted by Crippen LogP contribution is -2.25. The van der Waals surface area contributed by atoms with Crippen LogP contribution in [0.15, 0.2) is 49.1 Å². The van der Waals surface area contributed by atoms with Gasteiger partial charge in [0.25, 0.3) is 0 Å². The van der Waals surface area contributed by atoms with Gasteiger partial charge in [0, 0.05) is 0 Å². The zero-order chi connectivity index (χ0) is 18.9. The van der Waals surface area contributed by atoms with E-state index in [1.807, 2.05) is 13.0 Å². The van der Waals surface area contributed by atoms with E-state index >= 15 is 0 Å². The molecule has 0 aromatic heterocycles. The molecule has 0 radical (unpaired) electrons. The van der Waals surface area contributed by atoms with Gasteiger partial charge in [-0.2, -0.15) is 0 Å². The molecule has 0 bridgehead atoms. The SMILES string of the molecule is C=CCC1CCC(C2CCC(c3ccc(COCC=CC)cc3)CC2)CC1. The second-order valence-electron chi connectivity index (χ2n) is 8.74. The minimum atomic E-state index is 0.706. The van der Waals surface area contributed by atoms with Crippen LogP contribution >= 0.6 is 0 Å². The molecule has 0 amide bonds. The normalized spacial score (nSPS) is 29.1. The Morgan fingerprint density at radius 2 is 1.56 bits per heavy atom. The van der Waals surface area contributed by atoms with Gasteiger partial charge in [-0.15, -0.1) is 6.58 Å². The van der Waals surface area contributed by atoms with Crippen molar-refractivity contribution in [1.29, 1.82) is 0 Å². The second-order valence-corrected chi connectivity index (χ2v) is 8.74. The first-order valence-electron chi connectivity index (χ1n) is 11.2. The van der Waals surface area contributed by atoms with Gasteiger partial charge in [0.2, 0.25) is 0 Å². The highest BCUT2D eigenvalue weighted by atomic mass is 16.5. The van der Waals surface area contributed by atoms with E-state index in [2.05, 4.69) is 43.0 Å². The first-order chi connectivity index (χ1) is 13.3. The Labute approximate surface area is 166 Å². The zero-order valence-corrected chi connectivity index (χ0v) is 17.2. The minimum Gasteiger partial charge on any atom is -0.373 e. The van der Waals surface area contributed by atoms with E-state index in [0.717, 1.165) is 23.7 Å². The molecule has 0 heterocycles. The van der Waals surface area contributed by atoms with Gasteiger partial charge in [0.05, 0.1) is 13.2 Å². The average molecular weight is 367 g/mol. The van der Waals surface area contributed by atoms with Crippen LogP contribution in [-0.4, -0.2) is 6.61 Å². The largest absolute Gasteiger partial charge is 0.373 e. The molecule has 148 valence electrons. The molecule has 0 aliphatic heterocycles. The van der Waals surface area contributed by atoms with Crippen molar-refractivity contribution in [2.24, 2.45) is 17.8 Å². The Morgan fingerprint density at radius 1 is 0.926 bits per heavy atom. The van der Waals surface area contributed by atoms with Crippen molar-refractivity contribution in [3.63, 3.8) is 0 Å². The van der Waals surface area contributed by atoms with Crippen molar-refractivity contribution in [2.45, 2.75) is 77.2 Å². The quantitative estimate of drug-likeness (QED) is 0.343. The fourth-order valence-electron chi connectivity index (χ4n) is 5.28. The van der Waals surface area contributed by atoms with Gasteiger partial charge in [-0.3, -0.25) is 0 Å². The van der Waals surface area contributed by atoms with Crippen LogP contribution in [0.3, 0.4) is 0 Å². The summed E-state index contributed by atoms with van der Waals surface area (Å²) in [5.74, 6) is 3.70. The zero-order valence-electron chi connectivity index (χ0n) is 17.2. The fraction of sp³-hybridized carbons (Fsp3) is 0.615. The lowest BCUT2D eigenvalue weighted by molar-refractivity contribution is 0.148. The molecule has 2 aliphatic carbocycles. The Hall–Kier alpha value is -1.34.